The lowest BCUT2D eigenvalue weighted by Gasteiger charge is -2.13. The van der Waals surface area contributed by atoms with E-state index in [4.69, 9.17) is 13.9 Å². The van der Waals surface area contributed by atoms with E-state index in [0.717, 1.165) is 59.8 Å². The number of furan rings is 1. The van der Waals surface area contributed by atoms with Gasteiger partial charge in [0.25, 0.3) is 0 Å². The second kappa shape index (κ2) is 9.51. The van der Waals surface area contributed by atoms with Crippen LogP contribution in [0.3, 0.4) is 0 Å². The van der Waals surface area contributed by atoms with Crippen LogP contribution in [0.25, 0.3) is 37.9 Å². The summed E-state index contributed by atoms with van der Waals surface area (Å²) < 4.78 is 18.1. The molecule has 0 fully saturated rings. The van der Waals surface area contributed by atoms with Gasteiger partial charge in [-0.3, -0.25) is 4.79 Å². The Balaban J connectivity index is 1.50. The molecule has 0 aliphatic carbocycles. The highest BCUT2D eigenvalue weighted by Gasteiger charge is 2.19. The summed E-state index contributed by atoms with van der Waals surface area (Å²) in [5, 5.41) is 4.90. The van der Waals surface area contributed by atoms with Crippen LogP contribution in [0.5, 0.6) is 11.5 Å². The van der Waals surface area contributed by atoms with Crippen LogP contribution in [-0.2, 0) is 4.79 Å². The number of fused-ring (bicyclic) bond motifs is 2. The lowest BCUT2D eigenvalue weighted by Crippen LogP contribution is -2.08. The van der Waals surface area contributed by atoms with Crippen molar-refractivity contribution in [3.8, 4) is 22.6 Å². The highest BCUT2D eigenvalue weighted by atomic mass is 32.1. The predicted octanol–water partition coefficient (Wildman–Crippen LogP) is 7.39. The van der Waals surface area contributed by atoms with E-state index >= 15 is 0 Å². The third-order valence-electron chi connectivity index (χ3n) is 6.18. The fourth-order valence-corrected chi connectivity index (χ4v) is 5.25. The normalized spacial score (nSPS) is 11.8. The molecule has 3 aromatic carbocycles. The van der Waals surface area contributed by atoms with Crippen molar-refractivity contribution < 1.29 is 18.7 Å². The number of aryl methyl sites for hydroxylation is 2. The van der Waals surface area contributed by atoms with E-state index in [1.165, 1.54) is 0 Å². The second-order valence-corrected chi connectivity index (χ2v) is 9.80. The van der Waals surface area contributed by atoms with E-state index in [2.05, 4.69) is 10.3 Å². The van der Waals surface area contributed by atoms with Crippen molar-refractivity contribution in [2.45, 2.75) is 20.8 Å². The molecule has 1 N–H and O–H groups in total. The highest BCUT2D eigenvalue weighted by molar-refractivity contribution is 7.18. The molecule has 0 spiro atoms. The molecule has 2 heterocycles. The lowest BCUT2D eigenvalue weighted by molar-refractivity contribution is -0.111. The number of nitrogens with zero attached hydrogens (tertiary/aromatic N) is 1. The Morgan fingerprint density at radius 1 is 1.06 bits per heavy atom. The molecule has 1 amide bonds. The van der Waals surface area contributed by atoms with Crippen molar-refractivity contribution in [1.29, 1.82) is 0 Å². The van der Waals surface area contributed by atoms with Crippen LogP contribution in [-0.4, -0.2) is 25.1 Å². The highest BCUT2D eigenvalue weighted by Crippen LogP contribution is 2.41. The number of amides is 1. The van der Waals surface area contributed by atoms with Gasteiger partial charge in [-0.2, -0.15) is 0 Å². The molecule has 0 aliphatic rings. The molecular weight excluding hydrogens is 472 g/mol. The molecule has 0 saturated heterocycles. The Hall–Kier alpha value is -4.10. The van der Waals surface area contributed by atoms with Crippen molar-refractivity contribution in [2.24, 2.45) is 0 Å². The number of carbonyl (C=O) groups is 1. The molecule has 0 radical (unpaired) electrons. The summed E-state index contributed by atoms with van der Waals surface area (Å²) in [5.74, 6) is 1.25. The number of anilines is 1. The Bertz CT molecular complexity index is 1630. The van der Waals surface area contributed by atoms with Crippen LogP contribution in [0.15, 0.2) is 65.3 Å². The first-order valence-electron chi connectivity index (χ1n) is 11.5. The largest absolute Gasteiger partial charge is 0.497 e. The van der Waals surface area contributed by atoms with Crippen LogP contribution < -0.4 is 14.8 Å². The number of allylic oxidation sites excluding steroid dienone is 1. The SMILES string of the molecule is COc1ccc(-c2coc3c(C)c(OC)c(/C(C)=C/C(=O)Nc4ccc5sc(C)nc5c4)cc23)cc1. The molecule has 7 heteroatoms. The van der Waals surface area contributed by atoms with E-state index in [9.17, 15) is 4.79 Å². The quantitative estimate of drug-likeness (QED) is 0.247. The number of hydrogen-bond acceptors (Lipinski definition) is 6. The number of rotatable bonds is 6. The van der Waals surface area contributed by atoms with E-state index in [0.29, 0.717) is 11.4 Å². The number of benzene rings is 3. The molecule has 0 atom stereocenters. The minimum absolute atomic E-state index is 0.221. The van der Waals surface area contributed by atoms with Gasteiger partial charge < -0.3 is 19.2 Å². The molecule has 5 aromatic rings. The fourth-order valence-electron chi connectivity index (χ4n) is 4.44. The van der Waals surface area contributed by atoms with Crippen molar-refractivity contribution >= 4 is 49.7 Å². The van der Waals surface area contributed by atoms with Crippen LogP contribution in [0.2, 0.25) is 0 Å². The Morgan fingerprint density at radius 2 is 1.83 bits per heavy atom. The van der Waals surface area contributed by atoms with Gasteiger partial charge in [-0.05, 0) is 68.3 Å². The Morgan fingerprint density at radius 3 is 2.56 bits per heavy atom. The number of thiazole rings is 1. The molecule has 36 heavy (non-hydrogen) atoms. The van der Waals surface area contributed by atoms with Crippen LogP contribution >= 0.6 is 11.3 Å². The molecule has 0 saturated carbocycles. The van der Waals surface area contributed by atoms with Gasteiger partial charge in [0.05, 0.1) is 35.7 Å². The lowest BCUT2D eigenvalue weighted by atomic mass is 9.96. The van der Waals surface area contributed by atoms with Gasteiger partial charge in [0.1, 0.15) is 17.1 Å². The van der Waals surface area contributed by atoms with Gasteiger partial charge >= 0.3 is 0 Å². The smallest absolute Gasteiger partial charge is 0.248 e. The summed E-state index contributed by atoms with van der Waals surface area (Å²) in [4.78, 5) is 17.4. The number of carbonyl (C=O) groups excluding carboxylic acids is 1. The Kier molecular flexibility index (Phi) is 6.24. The van der Waals surface area contributed by atoms with Gasteiger partial charge in [-0.15, -0.1) is 11.3 Å². The zero-order chi connectivity index (χ0) is 25.4. The molecule has 6 nitrogen and oxygen atoms in total. The number of nitrogens with one attached hydrogen (secondary N) is 1. The van der Waals surface area contributed by atoms with Crippen LogP contribution in [0.1, 0.15) is 23.1 Å². The zero-order valence-electron chi connectivity index (χ0n) is 20.8. The molecule has 2 aromatic heterocycles. The minimum Gasteiger partial charge on any atom is -0.497 e. The monoisotopic (exact) mass is 498 g/mol. The molecule has 182 valence electrons. The maximum Gasteiger partial charge on any atom is 0.248 e. The summed E-state index contributed by atoms with van der Waals surface area (Å²) in [5.41, 5.74) is 6.80. The maximum atomic E-state index is 12.9. The Labute approximate surface area is 213 Å². The number of aromatic nitrogens is 1. The van der Waals surface area contributed by atoms with Gasteiger partial charge in [-0.25, -0.2) is 4.98 Å². The molecular formula is C29H26N2O4S. The average Bonchev–Trinajstić information content (AvgIpc) is 3.46. The van der Waals surface area contributed by atoms with Crippen molar-refractivity contribution in [3.63, 3.8) is 0 Å². The number of methoxy groups -OCH3 is 2. The summed E-state index contributed by atoms with van der Waals surface area (Å²) in [6, 6.07) is 15.6. The van der Waals surface area contributed by atoms with Gasteiger partial charge in [-0.1, -0.05) is 12.1 Å². The predicted molar refractivity (Wildman–Crippen MR) is 146 cm³/mol. The minimum atomic E-state index is -0.221. The van der Waals surface area contributed by atoms with Crippen molar-refractivity contribution in [1.82, 2.24) is 4.98 Å². The zero-order valence-corrected chi connectivity index (χ0v) is 21.6. The van der Waals surface area contributed by atoms with E-state index in [1.807, 2.05) is 69.3 Å². The van der Waals surface area contributed by atoms with Crippen molar-refractivity contribution in [2.75, 3.05) is 19.5 Å². The van der Waals surface area contributed by atoms with E-state index < -0.39 is 0 Å². The first-order chi connectivity index (χ1) is 17.4. The summed E-state index contributed by atoms with van der Waals surface area (Å²) in [7, 11) is 3.27. The van der Waals surface area contributed by atoms with E-state index in [-0.39, 0.29) is 5.91 Å². The van der Waals surface area contributed by atoms with Crippen LogP contribution in [0, 0.1) is 13.8 Å². The van der Waals surface area contributed by atoms with E-state index in [1.54, 1.807) is 37.9 Å². The molecule has 0 bridgehead atoms. The molecule has 0 unspecified atom stereocenters. The standard InChI is InChI=1S/C29H26N2O4S/c1-16(12-27(32)31-20-8-11-26-25(13-20)30-18(3)36-26)22-14-23-24(19-6-9-21(33-4)10-7-19)15-35-29(23)17(2)28(22)34-5/h6-15H,1-5H3,(H,31,32)/b16-12+. The van der Waals surface area contributed by atoms with Crippen LogP contribution in [0.4, 0.5) is 5.69 Å². The number of ether oxygens (including phenoxy) is 2. The summed E-state index contributed by atoms with van der Waals surface area (Å²) in [6.07, 6.45) is 3.34. The van der Waals surface area contributed by atoms with Gasteiger partial charge in [0.2, 0.25) is 5.91 Å². The first-order valence-corrected chi connectivity index (χ1v) is 12.3. The molecule has 0 aliphatic heterocycles. The maximum absolute atomic E-state index is 12.9. The average molecular weight is 499 g/mol. The fraction of sp³-hybridized carbons (Fsp3) is 0.172. The summed E-state index contributed by atoms with van der Waals surface area (Å²) >= 11 is 1.63. The molecule has 5 rings (SSSR count). The number of hydrogen-bond donors (Lipinski definition) is 1. The topological polar surface area (TPSA) is 73.6 Å². The third-order valence-corrected chi connectivity index (χ3v) is 7.14. The second-order valence-electron chi connectivity index (χ2n) is 8.57. The summed E-state index contributed by atoms with van der Waals surface area (Å²) in [6.45, 7) is 5.84. The van der Waals surface area contributed by atoms with Gasteiger partial charge in [0.15, 0.2) is 0 Å². The van der Waals surface area contributed by atoms with Crippen molar-refractivity contribution in [3.05, 3.63) is 77.0 Å². The van der Waals surface area contributed by atoms with Gasteiger partial charge in [0, 0.05) is 33.8 Å². The third kappa shape index (κ3) is 4.33. The first kappa shape index (κ1) is 23.6.